The Balaban J connectivity index is 1.88. The number of hydrogen-bond acceptors (Lipinski definition) is 3. The third-order valence-electron chi connectivity index (χ3n) is 2.78. The molecule has 0 atom stereocenters. The molecule has 1 aromatic heterocycles. The fourth-order valence-electron chi connectivity index (χ4n) is 1.85. The standard InChI is InChI=1S/C16H11FN2O/c17-15-11-13(20-16-18-9-4-10-19-16)7-8-14(15)12-5-2-1-3-6-12/h1-11H. The molecule has 3 nitrogen and oxygen atoms in total. The molecule has 20 heavy (non-hydrogen) atoms. The van der Waals surface area contributed by atoms with E-state index in [0.717, 1.165) is 5.56 Å². The molecular weight excluding hydrogens is 255 g/mol. The van der Waals surface area contributed by atoms with Gasteiger partial charge < -0.3 is 4.74 Å². The first-order chi connectivity index (χ1) is 9.83. The predicted octanol–water partition coefficient (Wildman–Crippen LogP) is 4.08. The first-order valence-electron chi connectivity index (χ1n) is 6.13. The van der Waals surface area contributed by atoms with Crippen LogP contribution in [0.25, 0.3) is 11.1 Å². The first-order valence-corrected chi connectivity index (χ1v) is 6.13. The summed E-state index contributed by atoms with van der Waals surface area (Å²) in [5.41, 5.74) is 1.36. The molecule has 0 saturated carbocycles. The van der Waals surface area contributed by atoms with Crippen molar-refractivity contribution in [1.29, 1.82) is 0 Å². The van der Waals surface area contributed by atoms with E-state index in [9.17, 15) is 4.39 Å². The zero-order valence-corrected chi connectivity index (χ0v) is 10.5. The SMILES string of the molecule is Fc1cc(Oc2ncccn2)ccc1-c1ccccc1. The van der Waals surface area contributed by atoms with Crippen molar-refractivity contribution in [3.8, 4) is 22.9 Å². The summed E-state index contributed by atoms with van der Waals surface area (Å²) in [7, 11) is 0. The maximum Gasteiger partial charge on any atom is 0.321 e. The summed E-state index contributed by atoms with van der Waals surface area (Å²) in [5.74, 6) is 0.0259. The number of aromatic nitrogens is 2. The Labute approximate surface area is 115 Å². The molecule has 98 valence electrons. The van der Waals surface area contributed by atoms with E-state index in [1.54, 1.807) is 30.6 Å². The Morgan fingerprint density at radius 3 is 2.30 bits per heavy atom. The van der Waals surface area contributed by atoms with E-state index in [0.29, 0.717) is 11.3 Å². The highest BCUT2D eigenvalue weighted by Crippen LogP contribution is 2.27. The van der Waals surface area contributed by atoms with Crippen LogP contribution in [0.5, 0.6) is 11.8 Å². The van der Waals surface area contributed by atoms with Crippen LogP contribution in [0.15, 0.2) is 67.0 Å². The maximum absolute atomic E-state index is 14.1. The summed E-state index contributed by atoms with van der Waals surface area (Å²) in [6.45, 7) is 0. The lowest BCUT2D eigenvalue weighted by Gasteiger charge is -2.07. The number of ether oxygens (including phenoxy) is 1. The lowest BCUT2D eigenvalue weighted by molar-refractivity contribution is 0.438. The lowest BCUT2D eigenvalue weighted by Crippen LogP contribution is -1.92. The van der Waals surface area contributed by atoms with Crippen LogP contribution in [0.2, 0.25) is 0 Å². The summed E-state index contributed by atoms with van der Waals surface area (Å²) >= 11 is 0. The lowest BCUT2D eigenvalue weighted by atomic mass is 10.1. The zero-order chi connectivity index (χ0) is 13.8. The predicted molar refractivity (Wildman–Crippen MR) is 73.9 cm³/mol. The second kappa shape index (κ2) is 5.48. The molecule has 3 rings (SSSR count). The zero-order valence-electron chi connectivity index (χ0n) is 10.5. The van der Waals surface area contributed by atoms with Gasteiger partial charge in [0.05, 0.1) is 0 Å². The van der Waals surface area contributed by atoms with E-state index in [2.05, 4.69) is 9.97 Å². The second-order valence-corrected chi connectivity index (χ2v) is 4.14. The van der Waals surface area contributed by atoms with Crippen molar-refractivity contribution >= 4 is 0 Å². The molecule has 0 aliphatic heterocycles. The normalized spacial score (nSPS) is 10.2. The van der Waals surface area contributed by atoms with Crippen LogP contribution >= 0.6 is 0 Å². The minimum atomic E-state index is -0.343. The molecule has 0 fully saturated rings. The Hall–Kier alpha value is -2.75. The molecule has 1 heterocycles. The van der Waals surface area contributed by atoms with Gasteiger partial charge in [0.1, 0.15) is 11.6 Å². The van der Waals surface area contributed by atoms with Crippen LogP contribution in [0.4, 0.5) is 4.39 Å². The third kappa shape index (κ3) is 2.64. The van der Waals surface area contributed by atoms with Crippen LogP contribution in [0.1, 0.15) is 0 Å². The van der Waals surface area contributed by atoms with Crippen LogP contribution < -0.4 is 4.74 Å². The van der Waals surface area contributed by atoms with Gasteiger partial charge in [0.15, 0.2) is 0 Å². The Morgan fingerprint density at radius 1 is 0.850 bits per heavy atom. The van der Waals surface area contributed by atoms with Gasteiger partial charge in [-0.3, -0.25) is 0 Å². The molecule has 0 unspecified atom stereocenters. The quantitative estimate of drug-likeness (QED) is 0.716. The van der Waals surface area contributed by atoms with Gasteiger partial charge >= 0.3 is 6.01 Å². The molecule has 0 saturated heterocycles. The second-order valence-electron chi connectivity index (χ2n) is 4.14. The van der Waals surface area contributed by atoms with Crippen LogP contribution in [0.3, 0.4) is 0 Å². The number of benzene rings is 2. The molecule has 2 aromatic carbocycles. The molecule has 4 heteroatoms. The van der Waals surface area contributed by atoms with Crippen molar-refractivity contribution in [2.24, 2.45) is 0 Å². The van der Waals surface area contributed by atoms with E-state index in [4.69, 9.17) is 4.74 Å². The van der Waals surface area contributed by atoms with Gasteiger partial charge in [0, 0.05) is 24.0 Å². The molecule has 3 aromatic rings. The average molecular weight is 266 g/mol. The van der Waals surface area contributed by atoms with Gasteiger partial charge in [-0.2, -0.15) is 0 Å². The van der Waals surface area contributed by atoms with Crippen LogP contribution in [-0.2, 0) is 0 Å². The molecule has 0 spiro atoms. The summed E-state index contributed by atoms with van der Waals surface area (Å²) < 4.78 is 19.5. The largest absolute Gasteiger partial charge is 0.424 e. The summed E-state index contributed by atoms with van der Waals surface area (Å²) in [6.07, 6.45) is 3.13. The molecule has 0 N–H and O–H groups in total. The van der Waals surface area contributed by atoms with E-state index < -0.39 is 0 Å². The van der Waals surface area contributed by atoms with Gasteiger partial charge in [0.2, 0.25) is 0 Å². The molecular formula is C16H11FN2O. The van der Waals surface area contributed by atoms with E-state index >= 15 is 0 Å². The van der Waals surface area contributed by atoms with Gasteiger partial charge in [-0.25, -0.2) is 14.4 Å². The Morgan fingerprint density at radius 2 is 1.60 bits per heavy atom. The van der Waals surface area contributed by atoms with Gasteiger partial charge in [-0.15, -0.1) is 0 Å². The van der Waals surface area contributed by atoms with Gasteiger partial charge in [-0.05, 0) is 23.8 Å². The van der Waals surface area contributed by atoms with E-state index in [1.807, 2.05) is 30.3 Å². The summed E-state index contributed by atoms with van der Waals surface area (Å²) in [6, 6.07) is 16.0. The van der Waals surface area contributed by atoms with Crippen LogP contribution in [0, 0.1) is 5.82 Å². The maximum atomic E-state index is 14.1. The fraction of sp³-hybridized carbons (Fsp3) is 0. The van der Waals surface area contributed by atoms with Crippen molar-refractivity contribution < 1.29 is 9.13 Å². The smallest absolute Gasteiger partial charge is 0.321 e. The number of hydrogen-bond donors (Lipinski definition) is 0. The van der Waals surface area contributed by atoms with Crippen molar-refractivity contribution in [2.45, 2.75) is 0 Å². The number of nitrogens with zero attached hydrogens (tertiary/aromatic N) is 2. The van der Waals surface area contributed by atoms with E-state index in [1.165, 1.54) is 6.07 Å². The Bertz CT molecular complexity index is 702. The molecule has 0 bridgehead atoms. The van der Waals surface area contributed by atoms with Crippen molar-refractivity contribution in [1.82, 2.24) is 9.97 Å². The van der Waals surface area contributed by atoms with Crippen molar-refractivity contribution in [3.63, 3.8) is 0 Å². The monoisotopic (exact) mass is 266 g/mol. The summed E-state index contributed by atoms with van der Waals surface area (Å²) in [4.78, 5) is 7.86. The minimum Gasteiger partial charge on any atom is -0.424 e. The average Bonchev–Trinajstić information content (AvgIpc) is 2.49. The summed E-state index contributed by atoms with van der Waals surface area (Å²) in [5, 5.41) is 0. The van der Waals surface area contributed by atoms with Gasteiger partial charge in [0.25, 0.3) is 0 Å². The Kier molecular flexibility index (Phi) is 3.37. The molecule has 0 amide bonds. The van der Waals surface area contributed by atoms with E-state index in [-0.39, 0.29) is 11.8 Å². The highest BCUT2D eigenvalue weighted by molar-refractivity contribution is 5.64. The molecule has 0 aliphatic rings. The van der Waals surface area contributed by atoms with Crippen molar-refractivity contribution in [2.75, 3.05) is 0 Å². The topological polar surface area (TPSA) is 35.0 Å². The van der Waals surface area contributed by atoms with Crippen molar-refractivity contribution in [3.05, 3.63) is 72.8 Å². The number of rotatable bonds is 3. The molecule has 0 aliphatic carbocycles. The number of halogens is 1. The third-order valence-corrected chi connectivity index (χ3v) is 2.78. The van der Waals surface area contributed by atoms with Gasteiger partial charge in [-0.1, -0.05) is 30.3 Å². The minimum absolute atomic E-state index is 0.194. The highest BCUT2D eigenvalue weighted by Gasteiger charge is 2.07. The van der Waals surface area contributed by atoms with Crippen LogP contribution in [-0.4, -0.2) is 9.97 Å². The fourth-order valence-corrected chi connectivity index (χ4v) is 1.85. The highest BCUT2D eigenvalue weighted by atomic mass is 19.1. The first kappa shape index (κ1) is 12.3. The molecule has 0 radical (unpaired) electrons.